The van der Waals surface area contributed by atoms with E-state index < -0.39 is 0 Å². The van der Waals surface area contributed by atoms with Gasteiger partial charge in [-0.1, -0.05) is 188 Å². The van der Waals surface area contributed by atoms with Gasteiger partial charge in [-0.15, -0.1) is 0 Å². The van der Waals surface area contributed by atoms with Gasteiger partial charge in [0.25, 0.3) is 0 Å². The fraction of sp³-hybridized carbons (Fsp3) is 0. The molecule has 69 heavy (non-hydrogen) atoms. The molecule has 0 radical (unpaired) electrons. The van der Waals surface area contributed by atoms with Crippen LogP contribution in [0.4, 0.5) is 17.1 Å². The molecule has 0 unspecified atom stereocenters. The number of furan rings is 1. The quantitative estimate of drug-likeness (QED) is 0.144. The number of fused-ring (bicyclic) bond motifs is 6. The Kier molecular flexibility index (Phi) is 9.84. The molecule has 2 aromatic heterocycles. The molecule has 0 aliphatic heterocycles. The first kappa shape index (κ1) is 40.1. The average Bonchev–Trinajstić information content (AvgIpc) is 3.98. The highest BCUT2D eigenvalue weighted by molar-refractivity contribution is 6.11. The maximum atomic E-state index is 6.53. The molecule has 0 saturated carbocycles. The Labute approximate surface area is 401 Å². The molecule has 3 heteroatoms. The van der Waals surface area contributed by atoms with E-state index in [1.54, 1.807) is 0 Å². The van der Waals surface area contributed by atoms with E-state index >= 15 is 0 Å². The van der Waals surface area contributed by atoms with Gasteiger partial charge in [0.2, 0.25) is 0 Å². The van der Waals surface area contributed by atoms with Gasteiger partial charge in [-0.05, 0) is 129 Å². The molecule has 0 aliphatic carbocycles. The van der Waals surface area contributed by atoms with Crippen molar-refractivity contribution in [2.75, 3.05) is 4.90 Å². The maximum Gasteiger partial charge on any atom is 0.143 e. The second-order valence-corrected chi connectivity index (χ2v) is 17.7. The largest absolute Gasteiger partial charge is 0.455 e. The SMILES string of the molecule is c1ccc(-c2ccccc2-c2ccc(N(c3ccc(-c4ccc5oc6c(-c7ccccc7)cccc6c5c4)cc3)c3ccc(-c4ccc5c(c4)c4ccccc4n5-c4ccccc4)cc3)cc2)cc1. The lowest BCUT2D eigenvalue weighted by atomic mass is 9.94. The number of benzene rings is 11. The Morgan fingerprint density at radius 3 is 1.33 bits per heavy atom. The Bertz CT molecular complexity index is 3960. The molecule has 13 aromatic rings. The molecule has 0 N–H and O–H groups in total. The van der Waals surface area contributed by atoms with Crippen LogP contribution in [0.1, 0.15) is 0 Å². The highest BCUT2D eigenvalue weighted by atomic mass is 16.3. The number of hydrogen-bond donors (Lipinski definition) is 0. The van der Waals surface area contributed by atoms with Crippen molar-refractivity contribution in [3.8, 4) is 61.3 Å². The molecule has 0 saturated heterocycles. The topological polar surface area (TPSA) is 21.3 Å². The van der Waals surface area contributed by atoms with Gasteiger partial charge in [0.1, 0.15) is 11.2 Å². The predicted octanol–water partition coefficient (Wildman–Crippen LogP) is 18.5. The summed E-state index contributed by atoms with van der Waals surface area (Å²) in [5.41, 5.74) is 20.3. The number of aromatic nitrogens is 1. The minimum atomic E-state index is 0.886. The van der Waals surface area contributed by atoms with E-state index in [9.17, 15) is 0 Å². The minimum Gasteiger partial charge on any atom is -0.455 e. The fourth-order valence-corrected chi connectivity index (χ4v) is 10.3. The van der Waals surface area contributed by atoms with Crippen molar-refractivity contribution in [3.63, 3.8) is 0 Å². The second kappa shape index (κ2) is 16.9. The maximum absolute atomic E-state index is 6.53. The van der Waals surface area contributed by atoms with Gasteiger partial charge in [0.05, 0.1) is 11.0 Å². The number of anilines is 3. The van der Waals surface area contributed by atoms with E-state index in [0.717, 1.165) is 66.9 Å². The van der Waals surface area contributed by atoms with Crippen molar-refractivity contribution in [2.24, 2.45) is 0 Å². The molecule has 0 fully saturated rings. The summed E-state index contributed by atoms with van der Waals surface area (Å²) in [5.74, 6) is 0. The molecule has 11 aromatic carbocycles. The zero-order valence-electron chi connectivity index (χ0n) is 37.7. The molecule has 2 heterocycles. The second-order valence-electron chi connectivity index (χ2n) is 17.7. The number of rotatable bonds is 9. The molecule has 0 spiro atoms. The van der Waals surface area contributed by atoms with Gasteiger partial charge in [-0.3, -0.25) is 0 Å². The van der Waals surface area contributed by atoms with Crippen LogP contribution in [0, 0.1) is 0 Å². The summed E-state index contributed by atoms with van der Waals surface area (Å²) in [6.45, 7) is 0. The van der Waals surface area contributed by atoms with Crippen LogP contribution in [0.3, 0.4) is 0 Å². The predicted molar refractivity (Wildman–Crippen MR) is 290 cm³/mol. The molecule has 3 nitrogen and oxygen atoms in total. The molecule has 0 bridgehead atoms. The Morgan fingerprint density at radius 2 is 0.710 bits per heavy atom. The van der Waals surface area contributed by atoms with Crippen molar-refractivity contribution in [1.82, 2.24) is 4.57 Å². The molecule has 0 amide bonds. The van der Waals surface area contributed by atoms with Gasteiger partial charge in [-0.25, -0.2) is 0 Å². The van der Waals surface area contributed by atoms with Crippen LogP contribution in [0.5, 0.6) is 0 Å². The Hall–Kier alpha value is -9.18. The van der Waals surface area contributed by atoms with Crippen molar-refractivity contribution >= 4 is 60.8 Å². The Morgan fingerprint density at radius 1 is 0.275 bits per heavy atom. The molecule has 324 valence electrons. The number of hydrogen-bond acceptors (Lipinski definition) is 2. The lowest BCUT2D eigenvalue weighted by molar-refractivity contribution is 0.670. The Balaban J connectivity index is 0.876. The van der Waals surface area contributed by atoms with E-state index in [1.165, 1.54) is 55.2 Å². The highest BCUT2D eigenvalue weighted by Crippen LogP contribution is 2.42. The summed E-state index contributed by atoms with van der Waals surface area (Å²) in [6, 6.07) is 95.9. The summed E-state index contributed by atoms with van der Waals surface area (Å²) in [4.78, 5) is 2.36. The standard InChI is InChI=1S/C66H44N2O/c1-4-15-47(16-5-1)56-21-10-11-22-57(56)49-31-39-55(40-32-49)67(53-35-27-45(28-36-53)50-33-41-64-61(43-50)59-23-12-13-26-63(59)68(64)52-19-8-3-9-20-52)54-37-29-46(30-38-54)51-34-42-65-62(44-51)60-25-14-24-58(66(60)69-65)48-17-6-2-7-18-48/h1-44H. The summed E-state index contributed by atoms with van der Waals surface area (Å²) in [7, 11) is 0. The van der Waals surface area contributed by atoms with Crippen molar-refractivity contribution < 1.29 is 4.42 Å². The van der Waals surface area contributed by atoms with E-state index in [4.69, 9.17) is 4.42 Å². The van der Waals surface area contributed by atoms with Crippen molar-refractivity contribution in [3.05, 3.63) is 267 Å². The van der Waals surface area contributed by atoms with Crippen LogP contribution in [-0.2, 0) is 0 Å². The van der Waals surface area contributed by atoms with Crippen LogP contribution < -0.4 is 4.90 Å². The van der Waals surface area contributed by atoms with E-state index in [0.29, 0.717) is 0 Å². The molecular weight excluding hydrogens is 837 g/mol. The van der Waals surface area contributed by atoms with E-state index in [1.807, 2.05) is 6.07 Å². The zero-order chi connectivity index (χ0) is 45.7. The van der Waals surface area contributed by atoms with Crippen molar-refractivity contribution in [2.45, 2.75) is 0 Å². The number of nitrogens with zero attached hydrogens (tertiary/aromatic N) is 2. The van der Waals surface area contributed by atoms with Gasteiger partial charge in [0, 0.05) is 49.9 Å². The molecule has 0 aliphatic rings. The number of para-hydroxylation sites is 3. The first-order chi connectivity index (χ1) is 34.2. The van der Waals surface area contributed by atoms with Crippen LogP contribution in [0.25, 0.3) is 105 Å². The average molecular weight is 881 g/mol. The third-order valence-electron chi connectivity index (χ3n) is 13.6. The summed E-state index contributed by atoms with van der Waals surface area (Å²) in [5, 5.41) is 4.72. The van der Waals surface area contributed by atoms with Crippen LogP contribution in [0.15, 0.2) is 271 Å². The third kappa shape index (κ3) is 7.16. The smallest absolute Gasteiger partial charge is 0.143 e. The highest BCUT2D eigenvalue weighted by Gasteiger charge is 2.18. The molecule has 0 atom stereocenters. The zero-order valence-corrected chi connectivity index (χ0v) is 37.7. The molecule has 13 rings (SSSR count). The fourth-order valence-electron chi connectivity index (χ4n) is 10.3. The molecular formula is C66H44N2O. The minimum absolute atomic E-state index is 0.886. The van der Waals surface area contributed by atoms with Gasteiger partial charge in [-0.2, -0.15) is 0 Å². The summed E-state index contributed by atoms with van der Waals surface area (Å²) in [6.07, 6.45) is 0. The van der Waals surface area contributed by atoms with Gasteiger partial charge in [0.15, 0.2) is 0 Å². The third-order valence-corrected chi connectivity index (χ3v) is 13.6. The first-order valence-corrected chi connectivity index (χ1v) is 23.6. The van der Waals surface area contributed by atoms with E-state index in [-0.39, 0.29) is 0 Å². The summed E-state index contributed by atoms with van der Waals surface area (Å²) >= 11 is 0. The first-order valence-electron chi connectivity index (χ1n) is 23.6. The van der Waals surface area contributed by atoms with Gasteiger partial charge >= 0.3 is 0 Å². The summed E-state index contributed by atoms with van der Waals surface area (Å²) < 4.78 is 8.89. The normalized spacial score (nSPS) is 11.5. The lowest BCUT2D eigenvalue weighted by Crippen LogP contribution is -2.09. The monoisotopic (exact) mass is 880 g/mol. The van der Waals surface area contributed by atoms with Gasteiger partial charge < -0.3 is 13.9 Å². The van der Waals surface area contributed by atoms with Crippen LogP contribution >= 0.6 is 0 Å². The van der Waals surface area contributed by atoms with E-state index in [2.05, 4.69) is 270 Å². The van der Waals surface area contributed by atoms with Crippen LogP contribution in [-0.4, -0.2) is 4.57 Å². The van der Waals surface area contributed by atoms with Crippen LogP contribution in [0.2, 0.25) is 0 Å². The van der Waals surface area contributed by atoms with Crippen molar-refractivity contribution in [1.29, 1.82) is 0 Å². The lowest BCUT2D eigenvalue weighted by Gasteiger charge is -2.26.